The van der Waals surface area contributed by atoms with E-state index in [0.717, 1.165) is 0 Å². The molecule has 8 heteroatoms. The lowest BCUT2D eigenvalue weighted by Gasteiger charge is -2.20. The molecule has 1 amide bonds. The normalized spacial score (nSPS) is 16.1. The van der Waals surface area contributed by atoms with Gasteiger partial charge in [0, 0.05) is 12.5 Å². The summed E-state index contributed by atoms with van der Waals surface area (Å²) in [5.74, 6) is 0.839. The fourth-order valence-corrected chi connectivity index (χ4v) is 3.27. The van der Waals surface area contributed by atoms with Crippen molar-refractivity contribution in [2.24, 2.45) is 5.10 Å². The number of nitrogens with one attached hydrogen (secondary N) is 1. The summed E-state index contributed by atoms with van der Waals surface area (Å²) in [6, 6.07) is 11.2. The van der Waals surface area contributed by atoms with Crippen LogP contribution in [0.4, 0.5) is 10.1 Å². The van der Waals surface area contributed by atoms with Crippen molar-refractivity contribution in [3.8, 4) is 5.75 Å². The summed E-state index contributed by atoms with van der Waals surface area (Å²) in [6.07, 6.45) is 3.51. The summed E-state index contributed by atoms with van der Waals surface area (Å²) in [5, 5.41) is 8.64. The minimum absolute atomic E-state index is 0.0558. The van der Waals surface area contributed by atoms with Crippen molar-refractivity contribution in [2.75, 3.05) is 11.9 Å². The van der Waals surface area contributed by atoms with Crippen LogP contribution in [0.2, 0.25) is 0 Å². The summed E-state index contributed by atoms with van der Waals surface area (Å²) >= 11 is 0. The molecule has 0 saturated carbocycles. The third-order valence-corrected chi connectivity index (χ3v) is 4.59. The van der Waals surface area contributed by atoms with Gasteiger partial charge in [0.2, 0.25) is 0 Å². The number of nitrogens with zero attached hydrogens (tertiary/aromatic N) is 2. The first kappa shape index (κ1) is 19.8. The SMILES string of the molecule is CC(C)Oc1ccc(NCC(=O)N2N=C(c3ccco3)CC2c2ccco2)c(F)c1. The second kappa shape index (κ2) is 8.44. The van der Waals surface area contributed by atoms with Gasteiger partial charge in [-0.05, 0) is 50.2 Å². The van der Waals surface area contributed by atoms with Crippen molar-refractivity contribution >= 4 is 17.3 Å². The molecule has 30 heavy (non-hydrogen) atoms. The van der Waals surface area contributed by atoms with Gasteiger partial charge in [-0.1, -0.05) is 0 Å². The molecule has 1 unspecified atom stereocenters. The molecule has 3 aromatic rings. The van der Waals surface area contributed by atoms with Gasteiger partial charge in [0.05, 0.1) is 30.9 Å². The summed E-state index contributed by atoms with van der Waals surface area (Å²) in [4.78, 5) is 12.9. The predicted octanol–water partition coefficient (Wildman–Crippen LogP) is 4.59. The van der Waals surface area contributed by atoms with Crippen molar-refractivity contribution in [1.82, 2.24) is 5.01 Å². The lowest BCUT2D eigenvalue weighted by atomic mass is 10.1. The second-order valence-electron chi connectivity index (χ2n) is 7.16. The number of carbonyl (C=O) groups excluding carboxylic acids is 1. The minimum Gasteiger partial charge on any atom is -0.491 e. The number of furan rings is 2. The Bertz CT molecular complexity index is 1030. The molecule has 0 bridgehead atoms. The van der Waals surface area contributed by atoms with E-state index in [0.29, 0.717) is 29.4 Å². The molecule has 0 fully saturated rings. The molecule has 7 nitrogen and oxygen atoms in total. The van der Waals surface area contributed by atoms with Gasteiger partial charge in [-0.15, -0.1) is 0 Å². The first-order valence-electron chi connectivity index (χ1n) is 9.68. The van der Waals surface area contributed by atoms with Crippen LogP contribution in [0.3, 0.4) is 0 Å². The van der Waals surface area contributed by atoms with Gasteiger partial charge in [0.25, 0.3) is 5.91 Å². The highest BCUT2D eigenvalue weighted by Crippen LogP contribution is 2.33. The van der Waals surface area contributed by atoms with Crippen molar-refractivity contribution in [3.05, 3.63) is 72.3 Å². The van der Waals surface area contributed by atoms with Crippen LogP contribution < -0.4 is 10.1 Å². The van der Waals surface area contributed by atoms with Gasteiger partial charge in [-0.3, -0.25) is 4.79 Å². The van der Waals surface area contributed by atoms with Crippen molar-refractivity contribution < 1.29 is 22.8 Å². The molecular formula is C22H22FN3O4. The Morgan fingerprint density at radius 2 is 2.07 bits per heavy atom. The van der Waals surface area contributed by atoms with Crippen molar-refractivity contribution in [2.45, 2.75) is 32.4 Å². The van der Waals surface area contributed by atoms with Gasteiger partial charge in [-0.25, -0.2) is 9.40 Å². The first-order chi connectivity index (χ1) is 14.5. The monoisotopic (exact) mass is 411 g/mol. The molecule has 3 heterocycles. The zero-order valence-corrected chi connectivity index (χ0v) is 16.7. The number of amides is 1. The second-order valence-corrected chi connectivity index (χ2v) is 7.16. The minimum atomic E-state index is -0.496. The van der Waals surface area contributed by atoms with Crippen LogP contribution >= 0.6 is 0 Å². The molecule has 2 aromatic heterocycles. The quantitative estimate of drug-likeness (QED) is 0.615. The number of carbonyl (C=O) groups is 1. The van der Waals surface area contributed by atoms with Gasteiger partial charge in [-0.2, -0.15) is 5.10 Å². The topological polar surface area (TPSA) is 80.2 Å². The maximum Gasteiger partial charge on any atom is 0.262 e. The Morgan fingerprint density at radius 1 is 1.27 bits per heavy atom. The van der Waals surface area contributed by atoms with Crippen LogP contribution in [0.5, 0.6) is 5.75 Å². The molecule has 1 N–H and O–H groups in total. The Morgan fingerprint density at radius 3 is 2.73 bits per heavy atom. The molecule has 1 aliphatic rings. The van der Waals surface area contributed by atoms with E-state index < -0.39 is 5.82 Å². The highest BCUT2D eigenvalue weighted by atomic mass is 19.1. The van der Waals surface area contributed by atoms with Crippen LogP contribution in [0.25, 0.3) is 0 Å². The summed E-state index contributed by atoms with van der Waals surface area (Å²) in [5.41, 5.74) is 0.861. The van der Waals surface area contributed by atoms with Crippen LogP contribution in [0.1, 0.15) is 37.8 Å². The van der Waals surface area contributed by atoms with Gasteiger partial charge in [0.15, 0.2) is 0 Å². The lowest BCUT2D eigenvalue weighted by molar-refractivity contribution is -0.131. The van der Waals surface area contributed by atoms with Crippen LogP contribution in [-0.4, -0.2) is 29.3 Å². The van der Waals surface area contributed by atoms with Gasteiger partial charge in [0.1, 0.15) is 34.8 Å². The predicted molar refractivity (Wildman–Crippen MR) is 109 cm³/mol. The van der Waals surface area contributed by atoms with E-state index in [1.54, 1.807) is 48.9 Å². The molecule has 156 valence electrons. The molecule has 4 rings (SSSR count). The maximum atomic E-state index is 14.4. The lowest BCUT2D eigenvalue weighted by Crippen LogP contribution is -2.32. The molecule has 0 saturated heterocycles. The average Bonchev–Trinajstić information content (AvgIpc) is 3.47. The summed E-state index contributed by atoms with van der Waals surface area (Å²) in [6.45, 7) is 3.60. The number of hydrogen-bond donors (Lipinski definition) is 1. The molecule has 0 spiro atoms. The zero-order valence-electron chi connectivity index (χ0n) is 16.7. The molecule has 1 atom stereocenters. The van der Waals surface area contributed by atoms with Crippen LogP contribution in [-0.2, 0) is 4.79 Å². The van der Waals surface area contributed by atoms with E-state index in [1.807, 2.05) is 13.8 Å². The summed E-state index contributed by atoms with van der Waals surface area (Å²) < 4.78 is 30.7. The van der Waals surface area contributed by atoms with Gasteiger partial charge >= 0.3 is 0 Å². The Kier molecular flexibility index (Phi) is 5.56. The van der Waals surface area contributed by atoms with Crippen molar-refractivity contribution in [1.29, 1.82) is 0 Å². The van der Waals surface area contributed by atoms with E-state index in [9.17, 15) is 9.18 Å². The van der Waals surface area contributed by atoms with Crippen LogP contribution in [0, 0.1) is 5.82 Å². The first-order valence-corrected chi connectivity index (χ1v) is 9.68. The van der Waals surface area contributed by atoms with E-state index in [-0.39, 0.29) is 30.3 Å². The number of benzene rings is 1. The average molecular weight is 411 g/mol. The van der Waals surface area contributed by atoms with Crippen LogP contribution in [0.15, 0.2) is 68.9 Å². The number of hydrogen-bond acceptors (Lipinski definition) is 6. The number of ether oxygens (including phenoxy) is 1. The zero-order chi connectivity index (χ0) is 21.1. The highest BCUT2D eigenvalue weighted by Gasteiger charge is 2.35. The Labute approximate surface area is 173 Å². The largest absolute Gasteiger partial charge is 0.491 e. The number of anilines is 1. The Hall–Kier alpha value is -3.55. The fraction of sp³-hybridized carbons (Fsp3) is 0.273. The molecule has 1 aliphatic heterocycles. The van der Waals surface area contributed by atoms with Gasteiger partial charge < -0.3 is 18.9 Å². The summed E-state index contributed by atoms with van der Waals surface area (Å²) in [7, 11) is 0. The molecular weight excluding hydrogens is 389 g/mol. The third-order valence-electron chi connectivity index (χ3n) is 4.59. The highest BCUT2D eigenvalue weighted by molar-refractivity contribution is 6.01. The number of hydrazone groups is 1. The fourth-order valence-electron chi connectivity index (χ4n) is 3.27. The third kappa shape index (κ3) is 4.22. The van der Waals surface area contributed by atoms with E-state index >= 15 is 0 Å². The van der Waals surface area contributed by atoms with E-state index in [1.165, 1.54) is 11.1 Å². The van der Waals surface area contributed by atoms with Crippen molar-refractivity contribution in [3.63, 3.8) is 0 Å². The molecule has 0 aliphatic carbocycles. The maximum absolute atomic E-state index is 14.4. The molecule has 1 aromatic carbocycles. The van der Waals surface area contributed by atoms with E-state index in [2.05, 4.69) is 10.4 Å². The molecule has 0 radical (unpaired) electrons. The Balaban J connectivity index is 1.48. The number of halogens is 1. The number of rotatable bonds is 7. The smallest absolute Gasteiger partial charge is 0.262 e. The van der Waals surface area contributed by atoms with E-state index in [4.69, 9.17) is 13.6 Å². The standard InChI is InChI=1S/C22H22FN3O4/c1-14(2)30-15-7-8-17(16(23)11-15)24-13-22(27)26-19(21-6-4-10-29-21)12-18(25-26)20-5-3-9-28-20/h3-11,14,19,24H,12-13H2,1-2H3.